The third-order valence-electron chi connectivity index (χ3n) is 3.34. The second-order valence-electron chi connectivity index (χ2n) is 4.78. The van der Waals surface area contributed by atoms with Crippen LogP contribution in [0.4, 0.5) is 0 Å². The van der Waals surface area contributed by atoms with E-state index in [1.165, 1.54) is 0 Å². The van der Waals surface area contributed by atoms with E-state index < -0.39 is 0 Å². The van der Waals surface area contributed by atoms with E-state index in [4.69, 9.17) is 5.73 Å². The number of nitrogens with zero attached hydrogens (tertiary/aromatic N) is 3. The summed E-state index contributed by atoms with van der Waals surface area (Å²) in [5.74, 6) is -0.0392. The van der Waals surface area contributed by atoms with Gasteiger partial charge in [0.15, 0.2) is 5.69 Å². The number of hydrogen-bond donors (Lipinski definition) is 1. The topological polar surface area (TPSA) is 64.2 Å². The van der Waals surface area contributed by atoms with Crippen molar-refractivity contribution in [2.24, 2.45) is 5.73 Å². The minimum absolute atomic E-state index is 0.0392. The molecule has 2 N–H and O–H groups in total. The van der Waals surface area contributed by atoms with Crippen molar-refractivity contribution < 1.29 is 4.79 Å². The highest BCUT2D eigenvalue weighted by atomic mass is 16.2. The summed E-state index contributed by atoms with van der Waals surface area (Å²) >= 11 is 0. The highest BCUT2D eigenvalue weighted by Crippen LogP contribution is 2.13. The molecule has 0 saturated carbocycles. The largest absolute Gasteiger partial charge is 0.336 e. The summed E-state index contributed by atoms with van der Waals surface area (Å²) in [5.41, 5.74) is 7.23. The normalized spacial score (nSPS) is 18.8. The Labute approximate surface area is 111 Å². The maximum absolute atomic E-state index is 12.2. The van der Waals surface area contributed by atoms with E-state index in [0.717, 1.165) is 18.7 Å². The van der Waals surface area contributed by atoms with Gasteiger partial charge in [-0.05, 0) is 24.6 Å². The number of hydrogen-bond acceptors (Lipinski definition) is 3. The molecule has 1 aromatic carbocycles. The predicted octanol–water partition coefficient (Wildman–Crippen LogP) is 1.05. The maximum atomic E-state index is 12.2. The molecule has 1 atom stereocenters. The molecule has 0 spiro atoms. The first-order chi connectivity index (χ1) is 9.24. The van der Waals surface area contributed by atoms with Gasteiger partial charge in [0.1, 0.15) is 0 Å². The minimum Gasteiger partial charge on any atom is -0.336 e. The van der Waals surface area contributed by atoms with Crippen molar-refractivity contribution in [2.75, 3.05) is 13.1 Å². The molecule has 0 bridgehead atoms. The molecular weight excluding hydrogens is 240 g/mol. The van der Waals surface area contributed by atoms with Crippen molar-refractivity contribution in [3.63, 3.8) is 0 Å². The van der Waals surface area contributed by atoms with E-state index in [0.29, 0.717) is 12.2 Å². The number of carbonyl (C=O) groups is 1. The van der Waals surface area contributed by atoms with Crippen molar-refractivity contribution in [1.29, 1.82) is 0 Å². The summed E-state index contributed by atoms with van der Waals surface area (Å²) in [6.45, 7) is 1.34. The van der Waals surface area contributed by atoms with Gasteiger partial charge in [-0.25, -0.2) is 4.68 Å². The van der Waals surface area contributed by atoms with Gasteiger partial charge in [-0.15, -0.1) is 0 Å². The van der Waals surface area contributed by atoms with Crippen LogP contribution in [0.3, 0.4) is 0 Å². The van der Waals surface area contributed by atoms with Crippen LogP contribution in [0.2, 0.25) is 0 Å². The average Bonchev–Trinajstić information content (AvgIpc) is 3.08. The maximum Gasteiger partial charge on any atom is 0.274 e. The second-order valence-corrected chi connectivity index (χ2v) is 4.78. The number of para-hydroxylation sites is 1. The zero-order chi connectivity index (χ0) is 13.2. The molecule has 1 amide bonds. The van der Waals surface area contributed by atoms with Crippen LogP contribution < -0.4 is 5.73 Å². The number of benzene rings is 1. The van der Waals surface area contributed by atoms with Gasteiger partial charge < -0.3 is 10.6 Å². The number of carbonyl (C=O) groups excluding carboxylic acids is 1. The minimum atomic E-state index is -0.0392. The van der Waals surface area contributed by atoms with Gasteiger partial charge in [0.05, 0.1) is 5.69 Å². The molecule has 3 rings (SSSR count). The molecule has 2 aromatic rings. The SMILES string of the molecule is N[C@@H]1CCN(C(=O)c2ccn(-c3ccccc3)n2)C1. The Morgan fingerprint density at radius 3 is 2.74 bits per heavy atom. The quantitative estimate of drug-likeness (QED) is 0.873. The lowest BCUT2D eigenvalue weighted by atomic mass is 10.3. The molecule has 5 nitrogen and oxygen atoms in total. The molecular formula is C14H16N4O. The summed E-state index contributed by atoms with van der Waals surface area (Å²) in [6.07, 6.45) is 2.67. The zero-order valence-electron chi connectivity index (χ0n) is 10.6. The number of nitrogens with two attached hydrogens (primary N) is 1. The Balaban J connectivity index is 1.80. The van der Waals surface area contributed by atoms with Crippen molar-refractivity contribution in [3.8, 4) is 5.69 Å². The first-order valence-corrected chi connectivity index (χ1v) is 6.40. The molecule has 1 saturated heterocycles. The molecule has 0 unspecified atom stereocenters. The monoisotopic (exact) mass is 256 g/mol. The fraction of sp³-hybridized carbons (Fsp3) is 0.286. The number of rotatable bonds is 2. The first-order valence-electron chi connectivity index (χ1n) is 6.40. The van der Waals surface area contributed by atoms with Crippen LogP contribution >= 0.6 is 0 Å². The Kier molecular flexibility index (Phi) is 3.05. The summed E-state index contributed by atoms with van der Waals surface area (Å²) < 4.78 is 1.71. The Morgan fingerprint density at radius 1 is 1.26 bits per heavy atom. The lowest BCUT2D eigenvalue weighted by Gasteiger charge is -2.13. The Hall–Kier alpha value is -2.14. The van der Waals surface area contributed by atoms with Gasteiger partial charge in [-0.1, -0.05) is 18.2 Å². The van der Waals surface area contributed by atoms with E-state index in [-0.39, 0.29) is 11.9 Å². The molecule has 0 radical (unpaired) electrons. The summed E-state index contributed by atoms with van der Waals surface area (Å²) in [6, 6.07) is 11.6. The first kappa shape index (κ1) is 11.9. The highest BCUT2D eigenvalue weighted by molar-refractivity contribution is 5.92. The third-order valence-corrected chi connectivity index (χ3v) is 3.34. The summed E-state index contributed by atoms with van der Waals surface area (Å²) in [4.78, 5) is 14.0. The average molecular weight is 256 g/mol. The summed E-state index contributed by atoms with van der Waals surface area (Å²) in [5, 5.41) is 4.33. The fourth-order valence-electron chi connectivity index (χ4n) is 2.30. The van der Waals surface area contributed by atoms with E-state index in [1.807, 2.05) is 30.3 Å². The lowest BCUT2D eigenvalue weighted by molar-refractivity contribution is 0.0784. The molecule has 1 aliphatic heterocycles. The molecule has 19 heavy (non-hydrogen) atoms. The smallest absolute Gasteiger partial charge is 0.274 e. The van der Waals surface area contributed by atoms with Crippen molar-refractivity contribution in [2.45, 2.75) is 12.5 Å². The van der Waals surface area contributed by atoms with Crippen LogP contribution in [-0.4, -0.2) is 39.7 Å². The fourth-order valence-corrected chi connectivity index (χ4v) is 2.30. The van der Waals surface area contributed by atoms with Gasteiger partial charge in [0.2, 0.25) is 0 Å². The number of likely N-dealkylation sites (tertiary alicyclic amines) is 1. The molecule has 0 aliphatic carbocycles. The molecule has 5 heteroatoms. The van der Waals surface area contributed by atoms with Crippen molar-refractivity contribution in [1.82, 2.24) is 14.7 Å². The standard InChI is InChI=1S/C14H16N4O/c15-11-6-8-17(10-11)14(19)13-7-9-18(16-13)12-4-2-1-3-5-12/h1-5,7,9,11H,6,8,10,15H2/t11-/m1/s1. The van der Waals surface area contributed by atoms with E-state index in [2.05, 4.69) is 5.10 Å². The van der Waals surface area contributed by atoms with Gasteiger partial charge in [-0.2, -0.15) is 5.10 Å². The second kappa shape index (κ2) is 4.85. The number of amides is 1. The lowest BCUT2D eigenvalue weighted by Crippen LogP contribution is -2.32. The predicted molar refractivity (Wildman–Crippen MR) is 72.1 cm³/mol. The Morgan fingerprint density at radius 2 is 2.05 bits per heavy atom. The van der Waals surface area contributed by atoms with Crippen LogP contribution in [0.15, 0.2) is 42.6 Å². The molecule has 98 valence electrons. The molecule has 2 heterocycles. The van der Waals surface area contributed by atoms with Crippen LogP contribution in [0, 0.1) is 0 Å². The number of aromatic nitrogens is 2. The van der Waals surface area contributed by atoms with Crippen molar-refractivity contribution >= 4 is 5.91 Å². The van der Waals surface area contributed by atoms with Crippen LogP contribution in [0.25, 0.3) is 5.69 Å². The molecule has 1 aromatic heterocycles. The van der Waals surface area contributed by atoms with Gasteiger partial charge in [-0.3, -0.25) is 4.79 Å². The highest BCUT2D eigenvalue weighted by Gasteiger charge is 2.25. The van der Waals surface area contributed by atoms with Crippen LogP contribution in [0.5, 0.6) is 0 Å². The molecule has 1 fully saturated rings. The van der Waals surface area contributed by atoms with Gasteiger partial charge >= 0.3 is 0 Å². The summed E-state index contributed by atoms with van der Waals surface area (Å²) in [7, 11) is 0. The van der Waals surface area contributed by atoms with Gasteiger partial charge in [0, 0.05) is 25.3 Å². The van der Waals surface area contributed by atoms with E-state index in [1.54, 1.807) is 21.8 Å². The van der Waals surface area contributed by atoms with Gasteiger partial charge in [0.25, 0.3) is 5.91 Å². The third kappa shape index (κ3) is 2.37. The van der Waals surface area contributed by atoms with E-state index >= 15 is 0 Å². The molecule has 1 aliphatic rings. The van der Waals surface area contributed by atoms with Crippen LogP contribution in [-0.2, 0) is 0 Å². The van der Waals surface area contributed by atoms with Crippen LogP contribution in [0.1, 0.15) is 16.9 Å². The zero-order valence-corrected chi connectivity index (χ0v) is 10.6. The Bertz CT molecular complexity index is 578. The van der Waals surface area contributed by atoms with Crippen molar-refractivity contribution in [3.05, 3.63) is 48.3 Å². The van der Waals surface area contributed by atoms with E-state index in [9.17, 15) is 4.79 Å².